The number of primary amides is 1. The lowest BCUT2D eigenvalue weighted by atomic mass is 9.87. The Bertz CT molecular complexity index is 484. The maximum atomic E-state index is 11.5. The minimum Gasteiger partial charge on any atom is -0.399 e. The average molecular weight is 296 g/mol. The number of benzene rings is 1. The summed E-state index contributed by atoms with van der Waals surface area (Å²) in [4.78, 5) is 11.5. The van der Waals surface area contributed by atoms with Crippen LogP contribution < -0.4 is 16.8 Å². The Morgan fingerprint density at radius 1 is 1.30 bits per heavy atom. The number of anilines is 2. The zero-order chi connectivity index (χ0) is 14.5. The van der Waals surface area contributed by atoms with E-state index >= 15 is 0 Å². The second-order valence-corrected chi connectivity index (χ2v) is 5.92. The van der Waals surface area contributed by atoms with Crippen molar-refractivity contribution in [1.82, 2.24) is 0 Å². The van der Waals surface area contributed by atoms with Crippen LogP contribution in [0, 0.1) is 5.92 Å². The maximum absolute atomic E-state index is 11.5. The third kappa shape index (κ3) is 3.79. The lowest BCUT2D eigenvalue weighted by Gasteiger charge is -2.22. The molecule has 20 heavy (non-hydrogen) atoms. The van der Waals surface area contributed by atoms with E-state index in [4.69, 9.17) is 23.1 Å². The van der Waals surface area contributed by atoms with Crippen molar-refractivity contribution in [3.05, 3.63) is 22.7 Å². The molecule has 4 nitrogen and oxygen atoms in total. The van der Waals surface area contributed by atoms with Gasteiger partial charge in [-0.1, -0.05) is 43.7 Å². The fourth-order valence-corrected chi connectivity index (χ4v) is 3.17. The first-order valence-electron chi connectivity index (χ1n) is 7.20. The molecule has 1 amide bonds. The van der Waals surface area contributed by atoms with E-state index in [0.29, 0.717) is 22.0 Å². The van der Waals surface area contributed by atoms with E-state index < -0.39 is 5.91 Å². The van der Waals surface area contributed by atoms with Crippen molar-refractivity contribution >= 4 is 28.9 Å². The lowest BCUT2D eigenvalue weighted by molar-refractivity contribution is 0.100. The summed E-state index contributed by atoms with van der Waals surface area (Å²) >= 11 is 6.15. The third-order valence-electron chi connectivity index (χ3n) is 3.96. The number of hydrogen-bond acceptors (Lipinski definition) is 3. The molecule has 110 valence electrons. The van der Waals surface area contributed by atoms with Gasteiger partial charge in [0, 0.05) is 12.2 Å². The smallest absolute Gasteiger partial charge is 0.250 e. The van der Waals surface area contributed by atoms with Crippen LogP contribution in [0.15, 0.2) is 12.1 Å². The molecule has 0 aromatic heterocycles. The van der Waals surface area contributed by atoms with Gasteiger partial charge < -0.3 is 16.8 Å². The summed E-state index contributed by atoms with van der Waals surface area (Å²) in [6.45, 7) is 0.800. The summed E-state index contributed by atoms with van der Waals surface area (Å²) in [5.74, 6) is 0.264. The standard InChI is InChI=1S/C15H22ClN3O/c16-13-9-11(17)8-12(15(18)20)14(13)19-7-6-10-4-2-1-3-5-10/h8-10,19H,1-7,17H2,(H2,18,20). The summed E-state index contributed by atoms with van der Waals surface area (Å²) in [5, 5.41) is 3.70. The molecule has 0 unspecified atom stereocenters. The van der Waals surface area contributed by atoms with Crippen molar-refractivity contribution < 1.29 is 4.79 Å². The van der Waals surface area contributed by atoms with Gasteiger partial charge in [-0.3, -0.25) is 4.79 Å². The molecular formula is C15H22ClN3O. The van der Waals surface area contributed by atoms with Crippen LogP contribution in [-0.2, 0) is 0 Å². The molecule has 0 aliphatic heterocycles. The van der Waals surface area contributed by atoms with Gasteiger partial charge >= 0.3 is 0 Å². The van der Waals surface area contributed by atoms with Crippen LogP contribution in [0.25, 0.3) is 0 Å². The average Bonchev–Trinajstić information content (AvgIpc) is 2.41. The van der Waals surface area contributed by atoms with Crippen LogP contribution in [0.2, 0.25) is 5.02 Å². The molecule has 1 aromatic rings. The fraction of sp³-hybridized carbons (Fsp3) is 0.533. The highest BCUT2D eigenvalue weighted by Crippen LogP contribution is 2.30. The first-order chi connectivity index (χ1) is 9.58. The summed E-state index contributed by atoms with van der Waals surface area (Å²) in [5.41, 5.74) is 12.5. The molecule has 0 saturated heterocycles. The maximum Gasteiger partial charge on any atom is 0.250 e. The number of hydrogen-bond donors (Lipinski definition) is 3. The highest BCUT2D eigenvalue weighted by molar-refractivity contribution is 6.34. The number of halogens is 1. The molecule has 1 aromatic carbocycles. The SMILES string of the molecule is NC(=O)c1cc(N)cc(Cl)c1NCCC1CCCCC1. The monoisotopic (exact) mass is 295 g/mol. The van der Waals surface area contributed by atoms with E-state index in [-0.39, 0.29) is 0 Å². The first-order valence-corrected chi connectivity index (χ1v) is 7.58. The van der Waals surface area contributed by atoms with Gasteiger partial charge in [0.1, 0.15) is 0 Å². The Labute approximate surface area is 124 Å². The van der Waals surface area contributed by atoms with Gasteiger partial charge in [0.25, 0.3) is 5.91 Å². The van der Waals surface area contributed by atoms with Crippen LogP contribution in [0.4, 0.5) is 11.4 Å². The van der Waals surface area contributed by atoms with Crippen molar-refractivity contribution in [2.45, 2.75) is 38.5 Å². The van der Waals surface area contributed by atoms with Gasteiger partial charge in [-0.15, -0.1) is 0 Å². The van der Waals surface area contributed by atoms with Gasteiger partial charge in [0.05, 0.1) is 16.3 Å². The minimum absolute atomic E-state index is 0.360. The predicted octanol–water partition coefficient (Wildman–Crippen LogP) is 3.40. The van der Waals surface area contributed by atoms with Crippen LogP contribution in [-0.4, -0.2) is 12.5 Å². The summed E-state index contributed by atoms with van der Waals surface area (Å²) in [7, 11) is 0. The summed E-state index contributed by atoms with van der Waals surface area (Å²) < 4.78 is 0. The molecule has 1 saturated carbocycles. The normalized spacial score (nSPS) is 16.1. The Morgan fingerprint density at radius 3 is 2.65 bits per heavy atom. The first kappa shape index (κ1) is 15.0. The van der Waals surface area contributed by atoms with Gasteiger partial charge in [0.2, 0.25) is 0 Å². The Morgan fingerprint density at radius 2 is 2.00 bits per heavy atom. The molecule has 2 rings (SSSR count). The van der Waals surface area contributed by atoms with Crippen molar-refractivity contribution in [2.75, 3.05) is 17.6 Å². The molecule has 0 atom stereocenters. The molecule has 1 fully saturated rings. The van der Waals surface area contributed by atoms with Crippen molar-refractivity contribution in [2.24, 2.45) is 11.7 Å². The van der Waals surface area contributed by atoms with Crippen LogP contribution in [0.1, 0.15) is 48.9 Å². The van der Waals surface area contributed by atoms with Crippen LogP contribution >= 0.6 is 11.6 Å². The lowest BCUT2D eigenvalue weighted by Crippen LogP contribution is -2.17. The topological polar surface area (TPSA) is 81.1 Å². The number of nitrogens with one attached hydrogen (secondary N) is 1. The van der Waals surface area contributed by atoms with Gasteiger partial charge in [-0.05, 0) is 24.5 Å². The van der Waals surface area contributed by atoms with Crippen molar-refractivity contribution in [3.8, 4) is 0 Å². The van der Waals surface area contributed by atoms with Crippen LogP contribution in [0.3, 0.4) is 0 Å². The number of nitrogen functional groups attached to an aromatic ring is 1. The zero-order valence-electron chi connectivity index (χ0n) is 11.6. The number of rotatable bonds is 5. The van der Waals surface area contributed by atoms with Crippen molar-refractivity contribution in [1.29, 1.82) is 0 Å². The summed E-state index contributed by atoms with van der Waals surface area (Å²) in [6, 6.07) is 3.20. The predicted molar refractivity (Wildman–Crippen MR) is 84.1 cm³/mol. The molecule has 1 aliphatic carbocycles. The second-order valence-electron chi connectivity index (χ2n) is 5.51. The van der Waals surface area contributed by atoms with E-state index in [1.54, 1.807) is 12.1 Å². The van der Waals surface area contributed by atoms with E-state index in [1.165, 1.54) is 32.1 Å². The molecule has 1 aliphatic rings. The molecule has 0 heterocycles. The highest BCUT2D eigenvalue weighted by atomic mass is 35.5. The number of carbonyl (C=O) groups is 1. The van der Waals surface area contributed by atoms with Gasteiger partial charge in [0.15, 0.2) is 0 Å². The molecular weight excluding hydrogens is 274 g/mol. The molecule has 0 bridgehead atoms. The Hall–Kier alpha value is -1.42. The minimum atomic E-state index is -0.514. The van der Waals surface area contributed by atoms with E-state index in [9.17, 15) is 4.79 Å². The highest BCUT2D eigenvalue weighted by Gasteiger charge is 2.15. The van der Waals surface area contributed by atoms with Crippen molar-refractivity contribution in [3.63, 3.8) is 0 Å². The largest absolute Gasteiger partial charge is 0.399 e. The molecule has 5 N–H and O–H groups in total. The molecule has 0 radical (unpaired) electrons. The van der Waals surface area contributed by atoms with E-state index in [1.807, 2.05) is 0 Å². The quantitative estimate of drug-likeness (QED) is 0.728. The molecule has 0 spiro atoms. The number of carbonyl (C=O) groups excluding carboxylic acids is 1. The Kier molecular flexibility index (Phi) is 5.12. The number of amides is 1. The summed E-state index contributed by atoms with van der Waals surface area (Å²) in [6.07, 6.45) is 7.73. The van der Waals surface area contributed by atoms with Gasteiger partial charge in [-0.25, -0.2) is 0 Å². The van der Waals surface area contributed by atoms with E-state index in [0.717, 1.165) is 18.9 Å². The van der Waals surface area contributed by atoms with Crippen LogP contribution in [0.5, 0.6) is 0 Å². The zero-order valence-corrected chi connectivity index (χ0v) is 12.4. The van der Waals surface area contributed by atoms with Gasteiger partial charge in [-0.2, -0.15) is 0 Å². The third-order valence-corrected chi connectivity index (χ3v) is 4.26. The fourth-order valence-electron chi connectivity index (χ4n) is 2.88. The molecule has 5 heteroatoms. The Balaban J connectivity index is 1.99. The van der Waals surface area contributed by atoms with E-state index in [2.05, 4.69) is 5.32 Å². The number of nitrogens with two attached hydrogens (primary N) is 2. The second kappa shape index (κ2) is 6.84.